The lowest BCUT2D eigenvalue weighted by Gasteiger charge is -2.44. The van der Waals surface area contributed by atoms with Gasteiger partial charge in [-0.15, -0.1) is 10.2 Å². The summed E-state index contributed by atoms with van der Waals surface area (Å²) in [6.07, 6.45) is 4.18. The molecule has 8 nitrogen and oxygen atoms in total. The highest BCUT2D eigenvalue weighted by molar-refractivity contribution is 6.32. The van der Waals surface area contributed by atoms with Crippen LogP contribution in [0, 0.1) is 29.6 Å². The standard InChI is InChI=1S/C27H34ClN5O3/c1-17-23(10-4-18(14-29)25(17)28)36-21-7-5-20(6-8-21)30-26(35)22-9-11-24(32-31-22)33-13-12-19(15-34)27(2,3)16-33/h4,9-11,19-21,34H,5-8,12-13,15-16H2,1-3H3,(H,30,35). The molecule has 4 rings (SSSR count). The third-order valence-electron chi connectivity index (χ3n) is 7.64. The number of anilines is 1. The molecule has 2 aromatic rings. The zero-order valence-corrected chi connectivity index (χ0v) is 21.9. The number of amides is 1. The van der Waals surface area contributed by atoms with Crippen molar-refractivity contribution in [3.63, 3.8) is 0 Å². The molecule has 1 aliphatic heterocycles. The number of benzene rings is 1. The first kappa shape index (κ1) is 26.2. The van der Waals surface area contributed by atoms with Gasteiger partial charge in [0.1, 0.15) is 11.8 Å². The summed E-state index contributed by atoms with van der Waals surface area (Å²) in [5.74, 6) is 1.52. The van der Waals surface area contributed by atoms with Crippen molar-refractivity contribution < 1.29 is 14.6 Å². The van der Waals surface area contributed by atoms with Gasteiger partial charge < -0.3 is 20.1 Å². The summed E-state index contributed by atoms with van der Waals surface area (Å²) >= 11 is 6.26. The lowest BCUT2D eigenvalue weighted by Crippen LogP contribution is -2.47. The van der Waals surface area contributed by atoms with Crippen LogP contribution in [0.5, 0.6) is 5.75 Å². The summed E-state index contributed by atoms with van der Waals surface area (Å²) in [5.41, 5.74) is 1.51. The molecule has 36 heavy (non-hydrogen) atoms. The van der Waals surface area contributed by atoms with E-state index in [2.05, 4.69) is 40.3 Å². The second-order valence-corrected chi connectivity index (χ2v) is 11.0. The highest BCUT2D eigenvalue weighted by atomic mass is 35.5. The number of carbonyl (C=O) groups is 1. The monoisotopic (exact) mass is 511 g/mol. The summed E-state index contributed by atoms with van der Waals surface area (Å²) in [6.45, 7) is 7.98. The Morgan fingerprint density at radius 2 is 1.97 bits per heavy atom. The Labute approximate surface area is 217 Å². The Bertz CT molecular complexity index is 1120. The van der Waals surface area contributed by atoms with Gasteiger partial charge in [0, 0.05) is 31.3 Å². The molecule has 0 spiro atoms. The summed E-state index contributed by atoms with van der Waals surface area (Å²) in [5, 5.41) is 30.8. The molecule has 1 aliphatic carbocycles. The van der Waals surface area contributed by atoms with Crippen LogP contribution < -0.4 is 15.0 Å². The van der Waals surface area contributed by atoms with E-state index in [4.69, 9.17) is 21.6 Å². The lowest BCUT2D eigenvalue weighted by molar-refractivity contribution is 0.0886. The van der Waals surface area contributed by atoms with E-state index in [0.29, 0.717) is 22.0 Å². The van der Waals surface area contributed by atoms with E-state index in [1.807, 2.05) is 13.0 Å². The Balaban J connectivity index is 1.28. The average molecular weight is 512 g/mol. The molecule has 2 N–H and O–H groups in total. The number of ether oxygens (including phenoxy) is 1. The van der Waals surface area contributed by atoms with E-state index in [1.54, 1.807) is 18.2 Å². The van der Waals surface area contributed by atoms with Gasteiger partial charge in [-0.2, -0.15) is 5.26 Å². The molecule has 1 aromatic carbocycles. The topological polar surface area (TPSA) is 111 Å². The minimum atomic E-state index is -0.215. The number of aromatic nitrogens is 2. The summed E-state index contributed by atoms with van der Waals surface area (Å²) in [7, 11) is 0. The third kappa shape index (κ3) is 5.74. The SMILES string of the molecule is Cc1c(OC2CCC(NC(=O)c3ccc(N4CCC(CO)C(C)(C)C4)nn3)CC2)ccc(C#N)c1Cl. The molecular formula is C27H34ClN5O3. The van der Waals surface area contributed by atoms with Crippen molar-refractivity contribution in [2.75, 3.05) is 24.6 Å². The second kappa shape index (κ2) is 11.0. The lowest BCUT2D eigenvalue weighted by atomic mass is 9.74. The summed E-state index contributed by atoms with van der Waals surface area (Å²) < 4.78 is 6.16. The number of hydrogen-bond donors (Lipinski definition) is 2. The molecule has 0 bridgehead atoms. The largest absolute Gasteiger partial charge is 0.490 e. The van der Waals surface area contributed by atoms with Gasteiger partial charge in [-0.3, -0.25) is 4.79 Å². The van der Waals surface area contributed by atoms with Gasteiger partial charge in [0.05, 0.1) is 16.7 Å². The van der Waals surface area contributed by atoms with E-state index in [1.165, 1.54) is 0 Å². The first-order valence-corrected chi connectivity index (χ1v) is 13.0. The van der Waals surface area contributed by atoms with E-state index < -0.39 is 0 Å². The first-order valence-electron chi connectivity index (χ1n) is 12.6. The fraction of sp³-hybridized carbons (Fsp3) is 0.556. The van der Waals surface area contributed by atoms with Gasteiger partial charge >= 0.3 is 0 Å². The van der Waals surface area contributed by atoms with Crippen LogP contribution in [0.2, 0.25) is 5.02 Å². The number of rotatable bonds is 6. The van der Waals surface area contributed by atoms with Crippen molar-refractivity contribution in [3.05, 3.63) is 46.1 Å². The Hall–Kier alpha value is -2.89. The zero-order valence-electron chi connectivity index (χ0n) is 21.1. The predicted molar refractivity (Wildman–Crippen MR) is 138 cm³/mol. The molecule has 1 atom stereocenters. The molecular weight excluding hydrogens is 478 g/mol. The smallest absolute Gasteiger partial charge is 0.272 e. The molecule has 1 aromatic heterocycles. The summed E-state index contributed by atoms with van der Waals surface area (Å²) in [4.78, 5) is 14.9. The number of hydrogen-bond acceptors (Lipinski definition) is 7. The maximum absolute atomic E-state index is 12.8. The normalized spacial score (nSPS) is 23.6. The highest BCUT2D eigenvalue weighted by Gasteiger charge is 2.36. The van der Waals surface area contributed by atoms with E-state index >= 15 is 0 Å². The fourth-order valence-electron chi connectivity index (χ4n) is 5.20. The van der Waals surface area contributed by atoms with Crippen molar-refractivity contribution in [3.8, 4) is 11.8 Å². The van der Waals surface area contributed by atoms with Gasteiger partial charge in [-0.05, 0) is 74.6 Å². The third-order valence-corrected chi connectivity index (χ3v) is 8.13. The van der Waals surface area contributed by atoms with Gasteiger partial charge in [-0.1, -0.05) is 25.4 Å². The van der Waals surface area contributed by atoms with Crippen LogP contribution in [0.15, 0.2) is 24.3 Å². The molecule has 1 saturated carbocycles. The van der Waals surface area contributed by atoms with Gasteiger partial charge in [0.15, 0.2) is 11.5 Å². The molecule has 1 saturated heterocycles. The summed E-state index contributed by atoms with van der Waals surface area (Å²) in [6, 6.07) is 9.21. The van der Waals surface area contributed by atoms with Gasteiger partial charge in [-0.25, -0.2) is 0 Å². The number of nitrogens with zero attached hydrogens (tertiary/aromatic N) is 4. The van der Waals surface area contributed by atoms with E-state index in [0.717, 1.165) is 56.6 Å². The van der Waals surface area contributed by atoms with Crippen LogP contribution in [0.1, 0.15) is 67.6 Å². The molecule has 1 unspecified atom stereocenters. The van der Waals surface area contributed by atoms with Crippen LogP contribution >= 0.6 is 11.6 Å². The number of aliphatic hydroxyl groups excluding tert-OH is 1. The van der Waals surface area contributed by atoms with Crippen LogP contribution in [0.3, 0.4) is 0 Å². The molecule has 2 heterocycles. The van der Waals surface area contributed by atoms with Crippen LogP contribution in [0.25, 0.3) is 0 Å². The fourth-order valence-corrected chi connectivity index (χ4v) is 5.40. The van der Waals surface area contributed by atoms with Crippen molar-refractivity contribution in [2.45, 2.75) is 65.0 Å². The van der Waals surface area contributed by atoms with E-state index in [9.17, 15) is 9.90 Å². The molecule has 2 fully saturated rings. The maximum atomic E-state index is 12.8. The van der Waals surface area contributed by atoms with Crippen LogP contribution in [-0.2, 0) is 0 Å². The Morgan fingerprint density at radius 3 is 2.58 bits per heavy atom. The number of nitriles is 1. The quantitative estimate of drug-likeness (QED) is 0.595. The van der Waals surface area contributed by atoms with Crippen molar-refractivity contribution in [1.29, 1.82) is 5.26 Å². The number of nitrogens with one attached hydrogen (secondary N) is 1. The maximum Gasteiger partial charge on any atom is 0.272 e. The van der Waals surface area contributed by atoms with Crippen molar-refractivity contribution in [1.82, 2.24) is 15.5 Å². The number of piperidine rings is 1. The van der Waals surface area contributed by atoms with Gasteiger partial charge in [0.25, 0.3) is 5.91 Å². The first-order chi connectivity index (χ1) is 17.2. The molecule has 0 radical (unpaired) electrons. The van der Waals surface area contributed by atoms with Crippen LogP contribution in [-0.4, -0.2) is 53.1 Å². The zero-order chi connectivity index (χ0) is 25.9. The Morgan fingerprint density at radius 1 is 1.22 bits per heavy atom. The minimum absolute atomic E-state index is 0.0155. The van der Waals surface area contributed by atoms with Gasteiger partial charge in [0.2, 0.25) is 0 Å². The molecule has 1 amide bonds. The number of halogens is 1. The van der Waals surface area contributed by atoms with Crippen molar-refractivity contribution >= 4 is 23.3 Å². The number of aliphatic hydroxyl groups is 1. The minimum Gasteiger partial charge on any atom is -0.490 e. The molecule has 192 valence electrons. The highest BCUT2D eigenvalue weighted by Crippen LogP contribution is 2.36. The second-order valence-electron chi connectivity index (χ2n) is 10.6. The number of carbonyl (C=O) groups excluding carboxylic acids is 1. The predicted octanol–water partition coefficient (Wildman–Crippen LogP) is 4.27. The van der Waals surface area contributed by atoms with Crippen molar-refractivity contribution in [2.24, 2.45) is 11.3 Å². The van der Waals surface area contributed by atoms with Crippen LogP contribution in [0.4, 0.5) is 5.82 Å². The molecule has 2 aliphatic rings. The van der Waals surface area contributed by atoms with E-state index in [-0.39, 0.29) is 36.0 Å². The molecule has 9 heteroatoms. The average Bonchev–Trinajstić information content (AvgIpc) is 2.87. The Kier molecular flexibility index (Phi) is 8.01.